The second-order valence-electron chi connectivity index (χ2n) is 9.91. The van der Waals surface area contributed by atoms with E-state index in [0.29, 0.717) is 24.3 Å². The molecule has 2 aliphatic rings. The van der Waals surface area contributed by atoms with Crippen molar-refractivity contribution in [1.82, 2.24) is 20.0 Å². The van der Waals surface area contributed by atoms with E-state index in [1.165, 1.54) is 23.1 Å². The third-order valence-electron chi connectivity index (χ3n) is 6.93. The Morgan fingerprint density at radius 1 is 1.07 bits per heavy atom. The van der Waals surface area contributed by atoms with Crippen LogP contribution in [0.4, 0.5) is 23.7 Å². The molecule has 4 amide bonds. The van der Waals surface area contributed by atoms with Crippen LogP contribution in [-0.2, 0) is 11.3 Å². The predicted molar refractivity (Wildman–Crippen MR) is 144 cm³/mol. The molecule has 0 aromatic heterocycles. The second-order valence-corrected chi connectivity index (χ2v) is 10.3. The Morgan fingerprint density at radius 3 is 2.45 bits per heavy atom. The van der Waals surface area contributed by atoms with Gasteiger partial charge in [0.25, 0.3) is 5.91 Å². The largest absolute Gasteiger partial charge is 0.484 e. The first kappa shape index (κ1) is 29.5. The minimum atomic E-state index is -4.51. The molecule has 0 bridgehead atoms. The summed E-state index contributed by atoms with van der Waals surface area (Å²) in [5.74, 6) is -0.741. The van der Waals surface area contributed by atoms with Crippen LogP contribution in [0.2, 0.25) is 5.02 Å². The molecule has 0 aliphatic carbocycles. The lowest BCUT2D eigenvalue weighted by atomic mass is 10.1. The molecule has 0 unspecified atom stereocenters. The van der Waals surface area contributed by atoms with Gasteiger partial charge in [0.15, 0.2) is 6.61 Å². The molecule has 1 N–H and O–H groups in total. The van der Waals surface area contributed by atoms with Crippen LogP contribution < -0.4 is 15.0 Å². The van der Waals surface area contributed by atoms with Crippen molar-refractivity contribution in [2.24, 2.45) is 0 Å². The molecule has 0 saturated carbocycles. The van der Waals surface area contributed by atoms with Gasteiger partial charge in [0.05, 0.1) is 17.1 Å². The van der Waals surface area contributed by atoms with E-state index in [4.69, 9.17) is 16.3 Å². The molecule has 216 valence electrons. The third kappa shape index (κ3) is 7.16. The number of urea groups is 1. The van der Waals surface area contributed by atoms with Gasteiger partial charge in [-0.2, -0.15) is 13.2 Å². The minimum absolute atomic E-state index is 0.0592. The average molecular weight is 582 g/mol. The maximum atomic E-state index is 13.6. The van der Waals surface area contributed by atoms with Crippen LogP contribution >= 0.6 is 11.6 Å². The van der Waals surface area contributed by atoms with Gasteiger partial charge in [-0.3, -0.25) is 9.59 Å². The van der Waals surface area contributed by atoms with Crippen LogP contribution in [-0.4, -0.2) is 97.7 Å². The molecule has 2 aromatic carbocycles. The number of amides is 4. The van der Waals surface area contributed by atoms with Gasteiger partial charge >= 0.3 is 12.2 Å². The molecule has 4 rings (SSSR count). The van der Waals surface area contributed by atoms with Crippen molar-refractivity contribution in [3.05, 3.63) is 58.6 Å². The topological polar surface area (TPSA) is 85.4 Å². The molecule has 0 radical (unpaired) electrons. The van der Waals surface area contributed by atoms with Gasteiger partial charge in [0, 0.05) is 51.0 Å². The Hall–Kier alpha value is -3.51. The Balaban J connectivity index is 1.48. The highest BCUT2D eigenvalue weighted by molar-refractivity contribution is 6.34. The van der Waals surface area contributed by atoms with Crippen LogP contribution in [0.3, 0.4) is 0 Å². The summed E-state index contributed by atoms with van der Waals surface area (Å²) >= 11 is 6.30. The van der Waals surface area contributed by atoms with E-state index in [1.807, 2.05) is 7.05 Å². The van der Waals surface area contributed by atoms with Gasteiger partial charge in [-0.05, 0) is 43.8 Å². The lowest BCUT2D eigenvalue weighted by molar-refractivity contribution is -0.153. The molecule has 1 saturated heterocycles. The summed E-state index contributed by atoms with van der Waals surface area (Å²) in [5, 5.41) is 2.67. The number of ether oxygens (including phenoxy) is 1. The minimum Gasteiger partial charge on any atom is -0.484 e. The monoisotopic (exact) mass is 581 g/mol. The standard InChI is InChI=1S/C27H31ClF3N5O4/c1-18-15-36(25(38)21-8-7-20(13-22(21)28)40-17-27(29,30)31)23-6-4-3-5-19(23)16-35(18)26(39)32-14-24(37)34-11-9-33(2)10-12-34/h3-8,13,18H,9-12,14-17H2,1-2H3,(H,32,39)/t18-/m1/s1. The number of piperazine rings is 1. The van der Waals surface area contributed by atoms with Crippen LogP contribution in [0, 0.1) is 0 Å². The van der Waals surface area contributed by atoms with E-state index in [1.54, 1.807) is 41.0 Å². The summed E-state index contributed by atoms with van der Waals surface area (Å²) in [4.78, 5) is 46.4. The van der Waals surface area contributed by atoms with Gasteiger partial charge in [0.1, 0.15) is 5.75 Å². The second kappa shape index (κ2) is 12.3. The number of alkyl halides is 3. The maximum absolute atomic E-state index is 13.6. The molecular formula is C27H31ClF3N5O4. The fraction of sp³-hybridized carbons (Fsp3) is 0.444. The van der Waals surface area contributed by atoms with E-state index in [0.717, 1.165) is 13.1 Å². The zero-order valence-corrected chi connectivity index (χ0v) is 23.0. The van der Waals surface area contributed by atoms with E-state index < -0.39 is 30.8 Å². The summed E-state index contributed by atoms with van der Waals surface area (Å²) in [6.45, 7) is 3.27. The number of nitrogens with zero attached hydrogens (tertiary/aromatic N) is 4. The molecule has 13 heteroatoms. The highest BCUT2D eigenvalue weighted by atomic mass is 35.5. The number of benzene rings is 2. The quantitative estimate of drug-likeness (QED) is 0.583. The van der Waals surface area contributed by atoms with Crippen molar-refractivity contribution >= 4 is 35.1 Å². The first-order valence-electron chi connectivity index (χ1n) is 12.8. The summed E-state index contributed by atoms with van der Waals surface area (Å²) in [7, 11) is 1.99. The number of anilines is 1. The zero-order valence-electron chi connectivity index (χ0n) is 22.2. The fourth-order valence-electron chi connectivity index (χ4n) is 4.66. The van der Waals surface area contributed by atoms with Crippen molar-refractivity contribution in [2.75, 3.05) is 57.8 Å². The lowest BCUT2D eigenvalue weighted by Gasteiger charge is -2.33. The van der Waals surface area contributed by atoms with E-state index in [-0.39, 0.29) is 41.9 Å². The lowest BCUT2D eigenvalue weighted by Crippen LogP contribution is -2.52. The smallest absolute Gasteiger partial charge is 0.422 e. The number of likely N-dealkylation sites (N-methyl/N-ethyl adjacent to an activating group) is 1. The fourth-order valence-corrected chi connectivity index (χ4v) is 4.91. The Bertz CT molecular complexity index is 1250. The van der Waals surface area contributed by atoms with Crippen LogP contribution in [0.5, 0.6) is 5.75 Å². The number of hydrogen-bond donors (Lipinski definition) is 1. The van der Waals surface area contributed by atoms with E-state index >= 15 is 0 Å². The number of nitrogens with one attached hydrogen (secondary N) is 1. The van der Waals surface area contributed by atoms with Crippen molar-refractivity contribution in [3.8, 4) is 5.75 Å². The van der Waals surface area contributed by atoms with Crippen molar-refractivity contribution in [1.29, 1.82) is 0 Å². The van der Waals surface area contributed by atoms with E-state index in [2.05, 4.69) is 10.2 Å². The molecule has 2 aromatic rings. The Kier molecular flexibility index (Phi) is 9.09. The first-order valence-corrected chi connectivity index (χ1v) is 13.2. The molecule has 0 spiro atoms. The first-order chi connectivity index (χ1) is 18.9. The van der Waals surface area contributed by atoms with Gasteiger partial charge in [0.2, 0.25) is 5.91 Å². The highest BCUT2D eigenvalue weighted by Crippen LogP contribution is 2.31. The van der Waals surface area contributed by atoms with Crippen LogP contribution in [0.15, 0.2) is 42.5 Å². The number of rotatable bonds is 5. The molecular weight excluding hydrogens is 551 g/mol. The van der Waals surface area contributed by atoms with E-state index in [9.17, 15) is 27.6 Å². The summed E-state index contributed by atoms with van der Waals surface area (Å²) in [6, 6.07) is 10.0. The summed E-state index contributed by atoms with van der Waals surface area (Å²) in [6.07, 6.45) is -4.51. The summed E-state index contributed by atoms with van der Waals surface area (Å²) in [5.41, 5.74) is 1.37. The molecule has 1 atom stereocenters. The van der Waals surface area contributed by atoms with Gasteiger partial charge in [-0.25, -0.2) is 4.79 Å². The average Bonchev–Trinajstić information content (AvgIpc) is 3.06. The third-order valence-corrected chi connectivity index (χ3v) is 7.24. The Labute approximate surface area is 235 Å². The number of halogens is 4. The molecule has 2 aliphatic heterocycles. The Morgan fingerprint density at radius 2 is 1.77 bits per heavy atom. The zero-order chi connectivity index (χ0) is 29.0. The molecule has 1 fully saturated rings. The SMILES string of the molecule is C[C@@H]1CN(C(=O)c2ccc(OCC(F)(F)F)cc2Cl)c2ccccc2CN1C(=O)NCC(=O)N1CCN(C)CC1. The van der Waals surface area contributed by atoms with Crippen LogP contribution in [0.1, 0.15) is 22.8 Å². The molecule has 40 heavy (non-hydrogen) atoms. The van der Waals surface area contributed by atoms with Crippen molar-refractivity contribution in [2.45, 2.75) is 25.7 Å². The van der Waals surface area contributed by atoms with Gasteiger partial charge < -0.3 is 29.7 Å². The number of hydrogen-bond acceptors (Lipinski definition) is 5. The molecule has 9 nitrogen and oxygen atoms in total. The summed E-state index contributed by atoms with van der Waals surface area (Å²) < 4.78 is 42.3. The van der Waals surface area contributed by atoms with Gasteiger partial charge in [-0.1, -0.05) is 29.8 Å². The number of fused-ring (bicyclic) bond motifs is 1. The van der Waals surface area contributed by atoms with Crippen molar-refractivity contribution < 1.29 is 32.3 Å². The van der Waals surface area contributed by atoms with Gasteiger partial charge in [-0.15, -0.1) is 0 Å². The highest BCUT2D eigenvalue weighted by Gasteiger charge is 2.33. The van der Waals surface area contributed by atoms with Crippen molar-refractivity contribution in [3.63, 3.8) is 0 Å². The predicted octanol–water partition coefficient (Wildman–Crippen LogP) is 3.62. The number of carbonyl (C=O) groups is 3. The number of carbonyl (C=O) groups excluding carboxylic acids is 3. The molecule has 2 heterocycles. The number of para-hydroxylation sites is 1. The normalized spacial score (nSPS) is 18.1. The van der Waals surface area contributed by atoms with Crippen LogP contribution in [0.25, 0.3) is 0 Å². The maximum Gasteiger partial charge on any atom is 0.422 e.